The van der Waals surface area contributed by atoms with Crippen LogP contribution in [0.2, 0.25) is 0 Å². The number of rotatable bonds is 1. The number of carbonyl (C=O) groups is 1. The minimum Gasteiger partial charge on any atom is -0.335 e. The SMILES string of the molecule is CNC1CN(C(C)=O)Cc2[nH]c(=O)c3cc(F)ccc3c21. The first-order chi connectivity index (χ1) is 10.0. The Hall–Kier alpha value is -2.21. The Morgan fingerprint density at radius 2 is 2.19 bits per heavy atom. The summed E-state index contributed by atoms with van der Waals surface area (Å²) in [6.45, 7) is 2.40. The number of benzene rings is 1. The molecule has 2 aromatic rings. The second-order valence-corrected chi connectivity index (χ2v) is 5.28. The molecule has 2 heterocycles. The molecule has 0 radical (unpaired) electrons. The van der Waals surface area contributed by atoms with Crippen LogP contribution in [-0.2, 0) is 11.3 Å². The smallest absolute Gasteiger partial charge is 0.256 e. The van der Waals surface area contributed by atoms with Gasteiger partial charge >= 0.3 is 0 Å². The summed E-state index contributed by atoms with van der Waals surface area (Å²) < 4.78 is 13.4. The van der Waals surface area contributed by atoms with Gasteiger partial charge in [-0.2, -0.15) is 0 Å². The predicted molar refractivity (Wildman–Crippen MR) is 77.4 cm³/mol. The normalized spacial score (nSPS) is 17.9. The third-order valence-electron chi connectivity index (χ3n) is 4.00. The Morgan fingerprint density at radius 3 is 2.86 bits per heavy atom. The lowest BCUT2D eigenvalue weighted by Gasteiger charge is -2.34. The van der Waals surface area contributed by atoms with Crippen molar-refractivity contribution in [1.29, 1.82) is 0 Å². The number of aromatic amines is 1. The summed E-state index contributed by atoms with van der Waals surface area (Å²) >= 11 is 0. The molecule has 0 aliphatic carbocycles. The van der Waals surface area contributed by atoms with Gasteiger partial charge < -0.3 is 15.2 Å². The summed E-state index contributed by atoms with van der Waals surface area (Å²) in [7, 11) is 1.80. The molecule has 2 N–H and O–H groups in total. The molecule has 0 saturated heterocycles. The van der Waals surface area contributed by atoms with E-state index in [9.17, 15) is 14.0 Å². The number of pyridine rings is 1. The van der Waals surface area contributed by atoms with Gasteiger partial charge in [0.05, 0.1) is 18.0 Å². The molecule has 1 amide bonds. The molecular formula is C15H16FN3O2. The van der Waals surface area contributed by atoms with E-state index >= 15 is 0 Å². The van der Waals surface area contributed by atoms with Crippen LogP contribution in [-0.4, -0.2) is 29.4 Å². The molecule has 0 bridgehead atoms. The number of fused-ring (bicyclic) bond motifs is 3. The van der Waals surface area contributed by atoms with Crippen molar-refractivity contribution in [3.63, 3.8) is 0 Å². The zero-order valence-corrected chi connectivity index (χ0v) is 11.9. The first-order valence-electron chi connectivity index (χ1n) is 6.78. The minimum absolute atomic E-state index is 0.0408. The third-order valence-corrected chi connectivity index (χ3v) is 4.00. The number of H-pyrrole nitrogens is 1. The fraction of sp³-hybridized carbons (Fsp3) is 0.333. The van der Waals surface area contributed by atoms with Gasteiger partial charge in [-0.15, -0.1) is 0 Å². The number of carbonyl (C=O) groups excluding carboxylic acids is 1. The Morgan fingerprint density at radius 1 is 1.43 bits per heavy atom. The van der Waals surface area contributed by atoms with Crippen molar-refractivity contribution in [2.45, 2.75) is 19.5 Å². The van der Waals surface area contributed by atoms with Gasteiger partial charge in [0.15, 0.2) is 0 Å². The highest BCUT2D eigenvalue weighted by Gasteiger charge is 2.28. The maximum absolute atomic E-state index is 13.4. The van der Waals surface area contributed by atoms with Crippen molar-refractivity contribution in [2.75, 3.05) is 13.6 Å². The largest absolute Gasteiger partial charge is 0.335 e. The van der Waals surface area contributed by atoms with E-state index in [2.05, 4.69) is 10.3 Å². The zero-order valence-electron chi connectivity index (χ0n) is 11.9. The molecule has 1 atom stereocenters. The topological polar surface area (TPSA) is 65.2 Å². The van der Waals surface area contributed by atoms with Crippen molar-refractivity contribution in [1.82, 2.24) is 15.2 Å². The standard InChI is InChI=1S/C15H16FN3O2/c1-8(20)19-6-12(17-2)14-10-4-3-9(16)5-11(10)15(21)18-13(14)7-19/h3-5,12,17H,6-7H2,1-2H3,(H,18,21). The minimum atomic E-state index is -0.435. The fourth-order valence-corrected chi connectivity index (χ4v) is 2.94. The number of likely N-dealkylation sites (N-methyl/N-ethyl adjacent to an activating group) is 1. The van der Waals surface area contributed by atoms with Gasteiger partial charge in [0.2, 0.25) is 5.91 Å². The van der Waals surface area contributed by atoms with Gasteiger partial charge in [-0.3, -0.25) is 9.59 Å². The highest BCUT2D eigenvalue weighted by atomic mass is 19.1. The van der Waals surface area contributed by atoms with Gasteiger partial charge in [0.25, 0.3) is 5.56 Å². The highest BCUT2D eigenvalue weighted by molar-refractivity contribution is 5.86. The van der Waals surface area contributed by atoms with Crippen molar-refractivity contribution >= 4 is 16.7 Å². The van der Waals surface area contributed by atoms with Gasteiger partial charge in [0.1, 0.15) is 5.82 Å². The number of hydrogen-bond donors (Lipinski definition) is 2. The van der Waals surface area contributed by atoms with Crippen molar-refractivity contribution < 1.29 is 9.18 Å². The second kappa shape index (κ2) is 4.96. The number of halogens is 1. The van der Waals surface area contributed by atoms with Crippen LogP contribution in [0.5, 0.6) is 0 Å². The van der Waals surface area contributed by atoms with Crippen LogP contribution in [0.3, 0.4) is 0 Å². The fourth-order valence-electron chi connectivity index (χ4n) is 2.94. The van der Waals surface area contributed by atoms with Crippen LogP contribution < -0.4 is 10.9 Å². The number of nitrogens with one attached hydrogen (secondary N) is 2. The van der Waals surface area contributed by atoms with Crippen LogP contribution >= 0.6 is 0 Å². The predicted octanol–water partition coefficient (Wildman–Crippen LogP) is 1.29. The van der Waals surface area contributed by atoms with Crippen LogP contribution in [0, 0.1) is 5.82 Å². The lowest BCUT2D eigenvalue weighted by molar-refractivity contribution is -0.130. The van der Waals surface area contributed by atoms with Crippen molar-refractivity contribution in [3.8, 4) is 0 Å². The van der Waals surface area contributed by atoms with Gasteiger partial charge in [-0.05, 0) is 24.6 Å². The third kappa shape index (κ3) is 2.21. The average molecular weight is 289 g/mol. The molecule has 3 rings (SSSR count). The zero-order chi connectivity index (χ0) is 15.1. The van der Waals surface area contributed by atoms with Crippen LogP contribution in [0.25, 0.3) is 10.8 Å². The maximum Gasteiger partial charge on any atom is 0.256 e. The molecule has 1 aromatic heterocycles. The molecule has 0 saturated carbocycles. The van der Waals surface area contributed by atoms with Crippen LogP contribution in [0.4, 0.5) is 4.39 Å². The summed E-state index contributed by atoms with van der Waals surface area (Å²) in [6.07, 6.45) is 0. The molecule has 5 nitrogen and oxygen atoms in total. The van der Waals surface area contributed by atoms with E-state index in [1.54, 1.807) is 18.0 Å². The van der Waals surface area contributed by atoms with E-state index in [0.29, 0.717) is 24.2 Å². The van der Waals surface area contributed by atoms with Gasteiger partial charge in [-0.25, -0.2) is 4.39 Å². The molecule has 1 unspecified atom stereocenters. The Kier molecular flexibility index (Phi) is 3.25. The van der Waals surface area contributed by atoms with E-state index < -0.39 is 5.82 Å². The van der Waals surface area contributed by atoms with Gasteiger partial charge in [-0.1, -0.05) is 6.07 Å². The number of amides is 1. The average Bonchev–Trinajstić information content (AvgIpc) is 2.46. The summed E-state index contributed by atoms with van der Waals surface area (Å²) in [6, 6.07) is 4.14. The summed E-state index contributed by atoms with van der Waals surface area (Å²) in [5.41, 5.74) is 1.31. The van der Waals surface area contributed by atoms with Gasteiger partial charge in [0, 0.05) is 24.7 Å². The molecule has 6 heteroatoms. The molecule has 110 valence electrons. The van der Waals surface area contributed by atoms with Crippen molar-refractivity contribution in [3.05, 3.63) is 45.6 Å². The van der Waals surface area contributed by atoms with E-state index in [0.717, 1.165) is 10.9 Å². The molecule has 1 aromatic carbocycles. The monoisotopic (exact) mass is 289 g/mol. The Labute approximate surface area is 120 Å². The molecule has 1 aliphatic heterocycles. The first kappa shape index (κ1) is 13.8. The van der Waals surface area contributed by atoms with E-state index in [1.165, 1.54) is 19.1 Å². The Balaban J connectivity index is 2.28. The lowest BCUT2D eigenvalue weighted by atomic mass is 9.94. The second-order valence-electron chi connectivity index (χ2n) is 5.28. The summed E-state index contributed by atoms with van der Waals surface area (Å²) in [5.74, 6) is -0.476. The first-order valence-corrected chi connectivity index (χ1v) is 6.78. The van der Waals surface area contributed by atoms with E-state index in [-0.39, 0.29) is 17.5 Å². The summed E-state index contributed by atoms with van der Waals surface area (Å²) in [4.78, 5) is 28.2. The molecule has 0 fully saturated rings. The Bertz CT molecular complexity index is 784. The van der Waals surface area contributed by atoms with Crippen LogP contribution in [0.1, 0.15) is 24.2 Å². The number of hydrogen-bond acceptors (Lipinski definition) is 3. The summed E-state index contributed by atoms with van der Waals surface area (Å²) in [5, 5.41) is 4.23. The molecule has 1 aliphatic rings. The highest BCUT2D eigenvalue weighted by Crippen LogP contribution is 2.30. The maximum atomic E-state index is 13.4. The van der Waals surface area contributed by atoms with E-state index in [1.807, 2.05) is 0 Å². The molecule has 0 spiro atoms. The van der Waals surface area contributed by atoms with Crippen molar-refractivity contribution in [2.24, 2.45) is 0 Å². The molecular weight excluding hydrogens is 273 g/mol. The number of aromatic nitrogens is 1. The molecule has 21 heavy (non-hydrogen) atoms. The lowest BCUT2D eigenvalue weighted by Crippen LogP contribution is -2.42. The van der Waals surface area contributed by atoms with Crippen LogP contribution in [0.15, 0.2) is 23.0 Å². The number of nitrogens with zero attached hydrogens (tertiary/aromatic N) is 1. The van der Waals surface area contributed by atoms with E-state index in [4.69, 9.17) is 0 Å². The quantitative estimate of drug-likeness (QED) is 0.831.